The van der Waals surface area contributed by atoms with E-state index in [4.69, 9.17) is 4.74 Å². The number of rotatable bonds is 7. The van der Waals surface area contributed by atoms with E-state index in [2.05, 4.69) is 5.32 Å². The number of ketones is 1. The Hall–Kier alpha value is -2.60. The predicted octanol–water partition coefficient (Wildman–Crippen LogP) is 4.58. The number of anilines is 1. The van der Waals surface area contributed by atoms with Gasteiger partial charge in [-0.3, -0.25) is 14.4 Å². The van der Waals surface area contributed by atoms with Gasteiger partial charge in [-0.25, -0.2) is 0 Å². The first kappa shape index (κ1) is 21.7. The van der Waals surface area contributed by atoms with E-state index in [9.17, 15) is 14.4 Å². The molecule has 2 aromatic rings. The molecule has 148 valence electrons. The minimum absolute atomic E-state index is 0.107. The molecule has 0 unspecified atom stereocenters. The van der Waals surface area contributed by atoms with Crippen molar-refractivity contribution in [1.82, 2.24) is 0 Å². The first-order chi connectivity index (χ1) is 13.2. The van der Waals surface area contributed by atoms with E-state index in [1.807, 2.05) is 51.1 Å². The third-order valence-corrected chi connectivity index (χ3v) is 4.87. The second-order valence-electron chi connectivity index (χ2n) is 7.38. The summed E-state index contributed by atoms with van der Waals surface area (Å²) >= 11 is 1.36. The monoisotopic (exact) mass is 399 g/mol. The van der Waals surface area contributed by atoms with Crippen molar-refractivity contribution < 1.29 is 19.1 Å². The lowest BCUT2D eigenvalue weighted by Crippen LogP contribution is -2.27. The first-order valence-corrected chi connectivity index (χ1v) is 9.98. The van der Waals surface area contributed by atoms with Crippen molar-refractivity contribution >= 4 is 35.1 Å². The van der Waals surface area contributed by atoms with Gasteiger partial charge in [0, 0.05) is 21.6 Å². The van der Waals surface area contributed by atoms with Crippen molar-refractivity contribution in [2.24, 2.45) is 5.41 Å². The third kappa shape index (κ3) is 6.53. The molecule has 1 atom stereocenters. The molecule has 0 fully saturated rings. The molecule has 0 bridgehead atoms. The lowest BCUT2D eigenvalue weighted by atomic mass is 9.95. The zero-order valence-electron chi connectivity index (χ0n) is 16.5. The van der Waals surface area contributed by atoms with Crippen LogP contribution in [0.5, 0.6) is 0 Å². The molecule has 1 amide bonds. The van der Waals surface area contributed by atoms with Gasteiger partial charge in [-0.2, -0.15) is 0 Å². The molecule has 0 saturated carbocycles. The molecule has 5 nitrogen and oxygen atoms in total. The fourth-order valence-corrected chi connectivity index (χ4v) is 2.92. The van der Waals surface area contributed by atoms with Gasteiger partial charge in [0.2, 0.25) is 11.7 Å². The van der Waals surface area contributed by atoms with Crippen LogP contribution < -0.4 is 5.32 Å². The van der Waals surface area contributed by atoms with Crippen molar-refractivity contribution in [3.05, 3.63) is 60.2 Å². The highest BCUT2D eigenvalue weighted by molar-refractivity contribution is 8.00. The number of thioether (sulfide) groups is 1. The average Bonchev–Trinajstić information content (AvgIpc) is 2.66. The largest absolute Gasteiger partial charge is 0.454 e. The van der Waals surface area contributed by atoms with Crippen LogP contribution in [0.25, 0.3) is 0 Å². The lowest BCUT2D eigenvalue weighted by molar-refractivity contribution is -0.143. The predicted molar refractivity (Wildman–Crippen MR) is 112 cm³/mol. The van der Waals surface area contributed by atoms with E-state index >= 15 is 0 Å². The number of hydrogen-bond acceptors (Lipinski definition) is 5. The van der Waals surface area contributed by atoms with E-state index in [0.29, 0.717) is 11.3 Å². The number of ether oxygens (including phenoxy) is 1. The highest BCUT2D eigenvalue weighted by Crippen LogP contribution is 2.19. The molecule has 0 aliphatic heterocycles. The molecule has 2 rings (SSSR count). The third-order valence-electron chi connectivity index (χ3n) is 3.89. The zero-order chi connectivity index (χ0) is 20.7. The molecule has 0 heterocycles. The summed E-state index contributed by atoms with van der Waals surface area (Å²) in [4.78, 5) is 37.4. The van der Waals surface area contributed by atoms with Crippen LogP contribution in [0.1, 0.15) is 38.1 Å². The van der Waals surface area contributed by atoms with Crippen LogP contribution in [0.3, 0.4) is 0 Å². The number of nitrogens with one attached hydrogen (secondary N) is 1. The van der Waals surface area contributed by atoms with Crippen LogP contribution in [-0.2, 0) is 14.3 Å². The Balaban J connectivity index is 1.88. The maximum Gasteiger partial charge on any atom is 0.316 e. The van der Waals surface area contributed by atoms with Crippen LogP contribution in [-0.4, -0.2) is 29.5 Å². The van der Waals surface area contributed by atoms with Gasteiger partial charge in [0.05, 0.1) is 5.75 Å². The molecular formula is C22H25NO4S. The van der Waals surface area contributed by atoms with Gasteiger partial charge < -0.3 is 10.1 Å². The van der Waals surface area contributed by atoms with Crippen LogP contribution in [0.4, 0.5) is 5.69 Å². The Kier molecular flexibility index (Phi) is 7.40. The number of esters is 1. The number of hydrogen-bond donors (Lipinski definition) is 1. The molecule has 0 radical (unpaired) electrons. The Morgan fingerprint density at radius 1 is 1.00 bits per heavy atom. The number of Topliss-reactive ketones (excluding diaryl/α,β-unsaturated/α-hetero) is 1. The van der Waals surface area contributed by atoms with E-state index in [1.165, 1.54) is 11.8 Å². The molecule has 0 aliphatic carbocycles. The smallest absolute Gasteiger partial charge is 0.316 e. The van der Waals surface area contributed by atoms with Crippen LogP contribution in [0.2, 0.25) is 0 Å². The fourth-order valence-electron chi connectivity index (χ4n) is 2.21. The molecule has 0 aromatic heterocycles. The standard InChI is InChI=1S/C22H25NO4S/c1-15(27-19(24)14-28-18-8-6-5-7-9-18)20(25)16-10-12-17(13-11-16)23-21(26)22(2,3)4/h5-13,15H,14H2,1-4H3,(H,23,26)/t15-/m1/s1. The van der Waals surface area contributed by atoms with Gasteiger partial charge in [-0.05, 0) is 43.3 Å². The molecular weight excluding hydrogens is 374 g/mol. The second kappa shape index (κ2) is 9.55. The Bertz CT molecular complexity index is 826. The van der Waals surface area contributed by atoms with Gasteiger partial charge >= 0.3 is 5.97 Å². The summed E-state index contributed by atoms with van der Waals surface area (Å²) in [7, 11) is 0. The summed E-state index contributed by atoms with van der Waals surface area (Å²) in [6.07, 6.45) is -0.876. The van der Waals surface area contributed by atoms with E-state index < -0.39 is 17.5 Å². The van der Waals surface area contributed by atoms with Gasteiger partial charge in [0.15, 0.2) is 6.10 Å². The summed E-state index contributed by atoms with van der Waals surface area (Å²) in [6, 6.07) is 16.1. The van der Waals surface area contributed by atoms with Gasteiger partial charge in [0.1, 0.15) is 0 Å². The first-order valence-electron chi connectivity index (χ1n) is 9.00. The van der Waals surface area contributed by atoms with Gasteiger partial charge in [-0.1, -0.05) is 39.0 Å². The fraction of sp³-hybridized carbons (Fsp3) is 0.318. The van der Waals surface area contributed by atoms with E-state index in [-0.39, 0.29) is 17.4 Å². The minimum Gasteiger partial charge on any atom is -0.454 e. The summed E-state index contributed by atoms with van der Waals surface area (Å²) in [5.41, 5.74) is 0.528. The second-order valence-corrected chi connectivity index (χ2v) is 8.43. The molecule has 0 spiro atoms. The van der Waals surface area contributed by atoms with E-state index in [1.54, 1.807) is 31.2 Å². The number of carbonyl (C=O) groups is 3. The average molecular weight is 400 g/mol. The summed E-state index contributed by atoms with van der Waals surface area (Å²) in [6.45, 7) is 7.04. The topological polar surface area (TPSA) is 72.5 Å². The zero-order valence-corrected chi connectivity index (χ0v) is 17.3. The number of benzene rings is 2. The van der Waals surface area contributed by atoms with Crippen LogP contribution in [0.15, 0.2) is 59.5 Å². The normalized spacial score (nSPS) is 12.1. The maximum atomic E-state index is 12.5. The highest BCUT2D eigenvalue weighted by atomic mass is 32.2. The molecule has 2 aromatic carbocycles. The van der Waals surface area contributed by atoms with Crippen molar-refractivity contribution in [3.8, 4) is 0 Å². The number of carbonyl (C=O) groups excluding carboxylic acids is 3. The highest BCUT2D eigenvalue weighted by Gasteiger charge is 2.22. The van der Waals surface area contributed by atoms with Crippen molar-refractivity contribution in [2.75, 3.05) is 11.1 Å². The van der Waals surface area contributed by atoms with Gasteiger partial charge in [-0.15, -0.1) is 11.8 Å². The summed E-state index contributed by atoms with van der Waals surface area (Å²) in [5, 5.41) is 2.80. The molecule has 1 N–H and O–H groups in total. The maximum absolute atomic E-state index is 12.5. The number of amides is 1. The molecule has 0 saturated heterocycles. The quantitative estimate of drug-likeness (QED) is 0.419. The van der Waals surface area contributed by atoms with Crippen molar-refractivity contribution in [1.29, 1.82) is 0 Å². The summed E-state index contributed by atoms with van der Waals surface area (Å²) < 4.78 is 5.25. The van der Waals surface area contributed by atoms with E-state index in [0.717, 1.165) is 4.90 Å². The Morgan fingerprint density at radius 2 is 1.61 bits per heavy atom. The molecule has 0 aliphatic rings. The Labute approximate surface area is 169 Å². The van der Waals surface area contributed by atoms with Gasteiger partial charge in [0.25, 0.3) is 0 Å². The lowest BCUT2D eigenvalue weighted by Gasteiger charge is -2.18. The van der Waals surface area contributed by atoms with Crippen LogP contribution >= 0.6 is 11.8 Å². The molecule has 28 heavy (non-hydrogen) atoms. The Morgan fingerprint density at radius 3 is 2.18 bits per heavy atom. The summed E-state index contributed by atoms with van der Waals surface area (Å²) in [5.74, 6) is -0.695. The SMILES string of the molecule is C[C@@H](OC(=O)CSc1ccccc1)C(=O)c1ccc(NC(=O)C(C)(C)C)cc1. The van der Waals surface area contributed by atoms with Crippen molar-refractivity contribution in [2.45, 2.75) is 38.7 Å². The van der Waals surface area contributed by atoms with Crippen LogP contribution in [0, 0.1) is 5.41 Å². The minimum atomic E-state index is -0.876. The molecule has 6 heteroatoms. The van der Waals surface area contributed by atoms with Crippen molar-refractivity contribution in [3.63, 3.8) is 0 Å².